The van der Waals surface area contributed by atoms with Gasteiger partial charge in [-0.15, -0.1) is 0 Å². The maximum absolute atomic E-state index is 12.2. The van der Waals surface area contributed by atoms with Crippen molar-refractivity contribution in [1.29, 1.82) is 0 Å². The fourth-order valence-corrected chi connectivity index (χ4v) is 2.12. The minimum atomic E-state index is -4.90. The van der Waals surface area contributed by atoms with Crippen LogP contribution >= 0.6 is 0 Å². The van der Waals surface area contributed by atoms with E-state index < -0.39 is 29.4 Å². The van der Waals surface area contributed by atoms with Gasteiger partial charge in [0.15, 0.2) is 6.10 Å². The molecule has 1 aliphatic carbocycles. The van der Waals surface area contributed by atoms with Gasteiger partial charge < -0.3 is 9.84 Å². The number of rotatable bonds is 4. The molecule has 1 rings (SSSR count). The summed E-state index contributed by atoms with van der Waals surface area (Å²) in [4.78, 5) is 11.6. The molecule has 1 atom stereocenters. The van der Waals surface area contributed by atoms with E-state index >= 15 is 0 Å². The van der Waals surface area contributed by atoms with E-state index in [4.69, 9.17) is 9.84 Å². The number of aliphatic hydroxyl groups excluding tert-OH is 1. The molecule has 0 aromatic carbocycles. The first-order valence-corrected chi connectivity index (χ1v) is 5.89. The summed E-state index contributed by atoms with van der Waals surface area (Å²) in [6.45, 7) is 4.80. The fraction of sp³-hybridized carbons (Fsp3) is 0.750. The normalized spacial score (nSPS) is 20.5. The average molecular weight is 266 g/mol. The summed E-state index contributed by atoms with van der Waals surface area (Å²) in [6.07, 6.45) is -4.15. The van der Waals surface area contributed by atoms with Crippen molar-refractivity contribution in [2.24, 2.45) is 0 Å². The van der Waals surface area contributed by atoms with Crippen molar-refractivity contribution in [3.05, 3.63) is 12.2 Å². The number of aliphatic hydroxyl groups is 1. The number of halogens is 3. The summed E-state index contributed by atoms with van der Waals surface area (Å²) in [5.74, 6) is -1.16. The van der Waals surface area contributed by atoms with Crippen LogP contribution in [0, 0.1) is 0 Å². The SMILES string of the molecule is C=C(C(=O)OC1(CC)CCCC1)C(O)C(F)(F)F. The molecule has 104 valence electrons. The molecule has 0 aromatic rings. The molecule has 0 aromatic heterocycles. The lowest BCUT2D eigenvalue weighted by Crippen LogP contribution is -2.38. The van der Waals surface area contributed by atoms with Crippen molar-refractivity contribution in [2.75, 3.05) is 0 Å². The van der Waals surface area contributed by atoms with E-state index in [2.05, 4.69) is 6.58 Å². The second-order valence-corrected chi connectivity index (χ2v) is 4.60. The van der Waals surface area contributed by atoms with Crippen molar-refractivity contribution in [3.63, 3.8) is 0 Å². The number of ether oxygens (including phenoxy) is 1. The van der Waals surface area contributed by atoms with E-state index in [-0.39, 0.29) is 0 Å². The standard InChI is InChI=1S/C12H17F3O3/c1-3-11(6-4-5-7-11)18-10(17)8(2)9(16)12(13,14)15/h9,16H,2-7H2,1H3. The first kappa shape index (κ1) is 15.0. The Labute approximate surface area is 104 Å². The third kappa shape index (κ3) is 3.25. The largest absolute Gasteiger partial charge is 0.456 e. The predicted octanol–water partition coefficient (Wildman–Crippen LogP) is 2.73. The average Bonchev–Trinajstić information content (AvgIpc) is 2.75. The number of hydrogen-bond donors (Lipinski definition) is 1. The highest BCUT2D eigenvalue weighted by molar-refractivity contribution is 5.89. The van der Waals surface area contributed by atoms with Crippen LogP contribution in [0.3, 0.4) is 0 Å². The number of alkyl halides is 3. The molecule has 0 saturated heterocycles. The van der Waals surface area contributed by atoms with E-state index in [1.54, 1.807) is 0 Å². The van der Waals surface area contributed by atoms with Gasteiger partial charge in [-0.25, -0.2) is 4.79 Å². The summed E-state index contributed by atoms with van der Waals surface area (Å²) in [5, 5.41) is 8.93. The van der Waals surface area contributed by atoms with Gasteiger partial charge in [-0.3, -0.25) is 0 Å². The van der Waals surface area contributed by atoms with Crippen LogP contribution in [-0.4, -0.2) is 29.0 Å². The maximum Gasteiger partial charge on any atom is 0.418 e. The van der Waals surface area contributed by atoms with Crippen LogP contribution in [0.5, 0.6) is 0 Å². The van der Waals surface area contributed by atoms with E-state index in [1.807, 2.05) is 6.92 Å². The second-order valence-electron chi connectivity index (χ2n) is 4.60. The van der Waals surface area contributed by atoms with E-state index in [9.17, 15) is 18.0 Å². The number of carbonyl (C=O) groups excluding carboxylic acids is 1. The quantitative estimate of drug-likeness (QED) is 0.628. The molecule has 0 spiro atoms. The molecule has 1 fully saturated rings. The van der Waals surface area contributed by atoms with Crippen molar-refractivity contribution < 1.29 is 27.8 Å². The van der Waals surface area contributed by atoms with Gasteiger partial charge in [0.25, 0.3) is 0 Å². The van der Waals surface area contributed by atoms with E-state index in [0.29, 0.717) is 19.3 Å². The highest BCUT2D eigenvalue weighted by Gasteiger charge is 2.44. The van der Waals surface area contributed by atoms with Crippen LogP contribution in [0.25, 0.3) is 0 Å². The molecule has 18 heavy (non-hydrogen) atoms. The molecule has 3 nitrogen and oxygen atoms in total. The second kappa shape index (κ2) is 5.30. The van der Waals surface area contributed by atoms with Gasteiger partial charge in [0, 0.05) is 0 Å². The Morgan fingerprint density at radius 2 is 1.94 bits per heavy atom. The van der Waals surface area contributed by atoms with Gasteiger partial charge in [0.2, 0.25) is 0 Å². The lowest BCUT2D eigenvalue weighted by atomic mass is 9.98. The Morgan fingerprint density at radius 1 is 1.44 bits per heavy atom. The zero-order chi connectivity index (χ0) is 14.0. The Kier molecular flexibility index (Phi) is 4.42. The molecule has 0 amide bonds. The lowest BCUT2D eigenvalue weighted by molar-refractivity contribution is -0.197. The lowest BCUT2D eigenvalue weighted by Gasteiger charge is -2.29. The minimum Gasteiger partial charge on any atom is -0.456 e. The van der Waals surface area contributed by atoms with Gasteiger partial charge in [-0.2, -0.15) is 13.2 Å². The fourth-order valence-electron chi connectivity index (χ4n) is 2.12. The molecule has 0 heterocycles. The highest BCUT2D eigenvalue weighted by atomic mass is 19.4. The molecular formula is C12H17F3O3. The zero-order valence-corrected chi connectivity index (χ0v) is 10.2. The molecule has 1 aliphatic rings. The molecule has 0 bridgehead atoms. The summed E-state index contributed by atoms with van der Waals surface area (Å²) in [6, 6.07) is 0. The van der Waals surface area contributed by atoms with E-state index in [0.717, 1.165) is 12.8 Å². The highest BCUT2D eigenvalue weighted by Crippen LogP contribution is 2.37. The van der Waals surface area contributed by atoms with Crippen LogP contribution in [-0.2, 0) is 9.53 Å². The monoisotopic (exact) mass is 266 g/mol. The zero-order valence-electron chi connectivity index (χ0n) is 10.2. The Bertz CT molecular complexity index is 330. The first-order valence-electron chi connectivity index (χ1n) is 5.89. The van der Waals surface area contributed by atoms with Gasteiger partial charge in [-0.1, -0.05) is 13.5 Å². The molecule has 1 unspecified atom stereocenters. The van der Waals surface area contributed by atoms with Gasteiger partial charge >= 0.3 is 12.1 Å². The minimum absolute atomic E-state index is 0.550. The number of esters is 1. The van der Waals surface area contributed by atoms with Gasteiger partial charge in [-0.05, 0) is 32.1 Å². The number of hydrogen-bond acceptors (Lipinski definition) is 3. The third-order valence-electron chi connectivity index (χ3n) is 3.37. The molecule has 1 N–H and O–H groups in total. The molecule has 0 aliphatic heterocycles. The molecule has 6 heteroatoms. The third-order valence-corrected chi connectivity index (χ3v) is 3.37. The smallest absolute Gasteiger partial charge is 0.418 e. The summed E-state index contributed by atoms with van der Waals surface area (Å²) in [7, 11) is 0. The van der Waals surface area contributed by atoms with Crippen LogP contribution < -0.4 is 0 Å². The van der Waals surface area contributed by atoms with E-state index in [1.165, 1.54) is 0 Å². The van der Waals surface area contributed by atoms with Crippen LogP contribution in [0.15, 0.2) is 12.2 Å². The molecule has 0 radical (unpaired) electrons. The summed E-state index contributed by atoms with van der Waals surface area (Å²) >= 11 is 0. The molecular weight excluding hydrogens is 249 g/mol. The van der Waals surface area contributed by atoms with Gasteiger partial charge in [0.1, 0.15) is 5.60 Å². The van der Waals surface area contributed by atoms with Crippen LogP contribution in [0.4, 0.5) is 13.2 Å². The van der Waals surface area contributed by atoms with Crippen molar-refractivity contribution in [3.8, 4) is 0 Å². The van der Waals surface area contributed by atoms with Crippen molar-refractivity contribution in [1.82, 2.24) is 0 Å². The van der Waals surface area contributed by atoms with Gasteiger partial charge in [0.05, 0.1) is 5.57 Å². The summed E-state index contributed by atoms with van der Waals surface area (Å²) < 4.78 is 41.8. The Hall–Kier alpha value is -1.04. The predicted molar refractivity (Wildman–Crippen MR) is 58.8 cm³/mol. The topological polar surface area (TPSA) is 46.5 Å². The summed E-state index contributed by atoms with van der Waals surface area (Å²) in [5.41, 5.74) is -1.65. The Morgan fingerprint density at radius 3 is 2.33 bits per heavy atom. The molecule has 1 saturated carbocycles. The Balaban J connectivity index is 2.68. The van der Waals surface area contributed by atoms with Crippen molar-refractivity contribution in [2.45, 2.75) is 56.9 Å². The van der Waals surface area contributed by atoms with Crippen LogP contribution in [0.2, 0.25) is 0 Å². The first-order chi connectivity index (χ1) is 8.22. The maximum atomic E-state index is 12.2. The van der Waals surface area contributed by atoms with Crippen molar-refractivity contribution >= 4 is 5.97 Å². The number of carbonyl (C=O) groups is 1. The van der Waals surface area contributed by atoms with Crippen LogP contribution in [0.1, 0.15) is 39.0 Å².